The van der Waals surface area contributed by atoms with E-state index in [2.05, 4.69) is 49.3 Å². The van der Waals surface area contributed by atoms with Crippen molar-refractivity contribution in [3.05, 3.63) is 42.0 Å². The molecule has 92 valence electrons. The van der Waals surface area contributed by atoms with Crippen LogP contribution in [0.5, 0.6) is 0 Å². The summed E-state index contributed by atoms with van der Waals surface area (Å²) in [5, 5.41) is 7.03. The topological polar surface area (TPSA) is 24.1 Å². The minimum absolute atomic E-state index is 0.653. The van der Waals surface area contributed by atoms with Gasteiger partial charge in [-0.15, -0.1) is 6.58 Å². The fourth-order valence-corrected chi connectivity index (χ4v) is 1.91. The van der Waals surface area contributed by atoms with Crippen molar-refractivity contribution in [1.82, 2.24) is 5.32 Å². The molecule has 0 heterocycles. The monoisotopic (exact) mass is 248 g/mol. The van der Waals surface area contributed by atoms with Gasteiger partial charge in [0.1, 0.15) is 0 Å². The van der Waals surface area contributed by atoms with Crippen LogP contribution in [-0.2, 0) is 12.8 Å². The Balaban J connectivity index is 2.87. The standard InChI is InChI=1S/C14H20N2S/c1-4-10-15-14(17)16-13-11(5-2)8-7-9-12(13)6-3/h4,7-9H,1,5-6,10H2,2-3H3,(H2,15,16,17). The molecule has 0 atom stereocenters. The molecule has 2 nitrogen and oxygen atoms in total. The molecule has 2 N–H and O–H groups in total. The van der Waals surface area contributed by atoms with Gasteiger partial charge < -0.3 is 10.6 Å². The molecule has 0 unspecified atom stereocenters. The van der Waals surface area contributed by atoms with Crippen LogP contribution < -0.4 is 10.6 Å². The second kappa shape index (κ2) is 7.07. The van der Waals surface area contributed by atoms with E-state index in [1.54, 1.807) is 6.08 Å². The van der Waals surface area contributed by atoms with E-state index in [0.717, 1.165) is 18.5 Å². The first kappa shape index (κ1) is 13.7. The summed E-state index contributed by atoms with van der Waals surface area (Å²) >= 11 is 5.25. The first-order chi connectivity index (χ1) is 8.22. The van der Waals surface area contributed by atoms with Crippen molar-refractivity contribution in [3.63, 3.8) is 0 Å². The van der Waals surface area contributed by atoms with Crippen LogP contribution in [0.25, 0.3) is 0 Å². The normalized spacial score (nSPS) is 9.76. The number of benzene rings is 1. The average molecular weight is 248 g/mol. The highest BCUT2D eigenvalue weighted by Crippen LogP contribution is 2.22. The van der Waals surface area contributed by atoms with Crippen LogP contribution in [-0.4, -0.2) is 11.7 Å². The highest BCUT2D eigenvalue weighted by Gasteiger charge is 2.06. The fraction of sp³-hybridized carbons (Fsp3) is 0.357. The molecule has 0 bridgehead atoms. The number of rotatable bonds is 5. The largest absolute Gasteiger partial charge is 0.359 e. The Morgan fingerprint density at radius 1 is 1.29 bits per heavy atom. The summed E-state index contributed by atoms with van der Waals surface area (Å²) in [5.41, 5.74) is 3.75. The number of aryl methyl sites for hydroxylation is 2. The lowest BCUT2D eigenvalue weighted by Gasteiger charge is -2.16. The second-order valence-electron chi connectivity index (χ2n) is 3.78. The van der Waals surface area contributed by atoms with Gasteiger partial charge >= 0.3 is 0 Å². The van der Waals surface area contributed by atoms with Crippen molar-refractivity contribution in [2.45, 2.75) is 26.7 Å². The van der Waals surface area contributed by atoms with Crippen LogP contribution in [0.15, 0.2) is 30.9 Å². The highest BCUT2D eigenvalue weighted by atomic mass is 32.1. The second-order valence-corrected chi connectivity index (χ2v) is 4.19. The van der Waals surface area contributed by atoms with Gasteiger partial charge in [-0.2, -0.15) is 0 Å². The van der Waals surface area contributed by atoms with Gasteiger partial charge in [0, 0.05) is 12.2 Å². The van der Waals surface area contributed by atoms with Crippen LogP contribution in [0.1, 0.15) is 25.0 Å². The predicted octanol–water partition coefficient (Wildman–Crippen LogP) is 3.28. The van der Waals surface area contributed by atoms with E-state index in [-0.39, 0.29) is 0 Å². The van der Waals surface area contributed by atoms with Crippen LogP contribution in [0.3, 0.4) is 0 Å². The number of hydrogen-bond donors (Lipinski definition) is 2. The molecule has 0 aromatic heterocycles. The van der Waals surface area contributed by atoms with E-state index in [4.69, 9.17) is 12.2 Å². The molecule has 3 heteroatoms. The summed E-state index contributed by atoms with van der Waals surface area (Å²) in [4.78, 5) is 0. The zero-order valence-electron chi connectivity index (χ0n) is 10.5. The molecule has 0 spiro atoms. The van der Waals surface area contributed by atoms with Gasteiger partial charge in [-0.1, -0.05) is 38.1 Å². The summed E-state index contributed by atoms with van der Waals surface area (Å²) in [6, 6.07) is 6.37. The summed E-state index contributed by atoms with van der Waals surface area (Å²) < 4.78 is 0. The van der Waals surface area contributed by atoms with Crippen LogP contribution in [0, 0.1) is 0 Å². The molecular weight excluding hydrogens is 228 g/mol. The Morgan fingerprint density at radius 3 is 2.35 bits per heavy atom. The van der Waals surface area contributed by atoms with Crippen molar-refractivity contribution in [2.75, 3.05) is 11.9 Å². The molecule has 0 aliphatic heterocycles. The quantitative estimate of drug-likeness (QED) is 0.617. The molecule has 0 aliphatic rings. The van der Waals surface area contributed by atoms with E-state index in [1.807, 2.05) is 0 Å². The van der Waals surface area contributed by atoms with Crippen molar-refractivity contribution >= 4 is 23.0 Å². The van der Waals surface area contributed by atoms with Gasteiger partial charge in [-0.3, -0.25) is 0 Å². The third kappa shape index (κ3) is 3.86. The maximum Gasteiger partial charge on any atom is 0.171 e. The van der Waals surface area contributed by atoms with Gasteiger partial charge in [0.25, 0.3) is 0 Å². The first-order valence-electron chi connectivity index (χ1n) is 5.99. The van der Waals surface area contributed by atoms with E-state index in [1.165, 1.54) is 11.1 Å². The van der Waals surface area contributed by atoms with Crippen molar-refractivity contribution in [1.29, 1.82) is 0 Å². The number of anilines is 1. The lowest BCUT2D eigenvalue weighted by Crippen LogP contribution is -2.29. The molecule has 0 saturated heterocycles. The zero-order valence-corrected chi connectivity index (χ0v) is 11.4. The number of para-hydroxylation sites is 1. The summed E-state index contributed by atoms with van der Waals surface area (Å²) in [6.45, 7) is 8.65. The van der Waals surface area contributed by atoms with E-state index >= 15 is 0 Å². The highest BCUT2D eigenvalue weighted by molar-refractivity contribution is 7.80. The van der Waals surface area contributed by atoms with Gasteiger partial charge in [-0.05, 0) is 36.2 Å². The maximum absolute atomic E-state index is 5.25. The zero-order chi connectivity index (χ0) is 12.7. The third-order valence-electron chi connectivity index (χ3n) is 2.64. The summed E-state index contributed by atoms with van der Waals surface area (Å²) in [5.74, 6) is 0. The van der Waals surface area contributed by atoms with E-state index in [0.29, 0.717) is 11.7 Å². The smallest absolute Gasteiger partial charge is 0.171 e. The fourth-order valence-electron chi connectivity index (χ4n) is 1.73. The summed E-state index contributed by atoms with van der Waals surface area (Å²) in [6.07, 6.45) is 3.79. The summed E-state index contributed by atoms with van der Waals surface area (Å²) in [7, 11) is 0. The molecular formula is C14H20N2S. The molecule has 0 saturated carbocycles. The average Bonchev–Trinajstić information content (AvgIpc) is 2.36. The minimum atomic E-state index is 0.653. The molecule has 1 rings (SSSR count). The Morgan fingerprint density at radius 2 is 1.88 bits per heavy atom. The number of hydrogen-bond acceptors (Lipinski definition) is 1. The number of thiocarbonyl (C=S) groups is 1. The Kier molecular flexibility index (Phi) is 5.70. The molecule has 0 aliphatic carbocycles. The number of nitrogens with one attached hydrogen (secondary N) is 2. The Bertz CT molecular complexity index is 377. The van der Waals surface area contributed by atoms with Crippen molar-refractivity contribution < 1.29 is 0 Å². The van der Waals surface area contributed by atoms with Crippen LogP contribution in [0.2, 0.25) is 0 Å². The van der Waals surface area contributed by atoms with E-state index < -0.39 is 0 Å². The van der Waals surface area contributed by atoms with E-state index in [9.17, 15) is 0 Å². The van der Waals surface area contributed by atoms with Crippen LogP contribution in [0.4, 0.5) is 5.69 Å². The molecule has 0 amide bonds. The first-order valence-corrected chi connectivity index (χ1v) is 6.40. The Labute approximate surface area is 109 Å². The van der Waals surface area contributed by atoms with Gasteiger partial charge in [0.15, 0.2) is 5.11 Å². The molecule has 1 aromatic carbocycles. The van der Waals surface area contributed by atoms with Crippen molar-refractivity contribution in [2.24, 2.45) is 0 Å². The molecule has 0 fully saturated rings. The van der Waals surface area contributed by atoms with Gasteiger partial charge in [0.2, 0.25) is 0 Å². The molecule has 1 aromatic rings. The minimum Gasteiger partial charge on any atom is -0.359 e. The SMILES string of the molecule is C=CCNC(=S)Nc1c(CC)cccc1CC. The molecule has 0 radical (unpaired) electrons. The maximum atomic E-state index is 5.25. The van der Waals surface area contributed by atoms with Gasteiger partial charge in [0.05, 0.1) is 0 Å². The molecule has 17 heavy (non-hydrogen) atoms. The van der Waals surface area contributed by atoms with Crippen molar-refractivity contribution in [3.8, 4) is 0 Å². The van der Waals surface area contributed by atoms with Gasteiger partial charge in [-0.25, -0.2) is 0 Å². The predicted molar refractivity (Wildman–Crippen MR) is 79.6 cm³/mol. The van der Waals surface area contributed by atoms with Crippen LogP contribution >= 0.6 is 12.2 Å². The lowest BCUT2D eigenvalue weighted by atomic mass is 10.0. The Hall–Kier alpha value is -1.35. The third-order valence-corrected chi connectivity index (χ3v) is 2.89. The lowest BCUT2D eigenvalue weighted by molar-refractivity contribution is 1.05.